The van der Waals surface area contributed by atoms with E-state index < -0.39 is 0 Å². The summed E-state index contributed by atoms with van der Waals surface area (Å²) in [5, 5.41) is 3.44. The first-order valence-corrected chi connectivity index (χ1v) is 9.05. The van der Waals surface area contributed by atoms with Gasteiger partial charge in [-0.15, -0.1) is 23.1 Å². The standard InChI is InChI=1S/C17H17N3S2/c1-12-5-3-6-14(9-12)13(2)21-10-15-11-22-17(20-15)16-18-7-4-8-19-16/h3-9,11,13H,10H2,1-2H3/t13-/m1/s1. The number of aryl methyl sites for hydroxylation is 1. The molecule has 0 aliphatic heterocycles. The Balaban J connectivity index is 1.64. The molecule has 0 radical (unpaired) electrons. The molecular weight excluding hydrogens is 310 g/mol. The molecule has 1 aromatic carbocycles. The molecule has 22 heavy (non-hydrogen) atoms. The number of thioether (sulfide) groups is 1. The number of thiazole rings is 1. The van der Waals surface area contributed by atoms with E-state index in [9.17, 15) is 0 Å². The quantitative estimate of drug-likeness (QED) is 0.668. The van der Waals surface area contributed by atoms with Crippen LogP contribution in [0.25, 0.3) is 10.8 Å². The van der Waals surface area contributed by atoms with Gasteiger partial charge in [-0.25, -0.2) is 15.0 Å². The molecule has 5 heteroatoms. The topological polar surface area (TPSA) is 38.7 Å². The molecule has 3 aromatic rings. The van der Waals surface area contributed by atoms with Crippen LogP contribution in [-0.4, -0.2) is 15.0 Å². The van der Waals surface area contributed by atoms with E-state index in [0.717, 1.165) is 16.5 Å². The van der Waals surface area contributed by atoms with Gasteiger partial charge in [0.05, 0.1) is 5.69 Å². The molecule has 0 fully saturated rings. The molecule has 0 unspecified atom stereocenters. The van der Waals surface area contributed by atoms with Crippen molar-refractivity contribution in [2.45, 2.75) is 24.9 Å². The third-order valence-electron chi connectivity index (χ3n) is 3.30. The van der Waals surface area contributed by atoms with Crippen LogP contribution in [0.15, 0.2) is 48.1 Å². The Morgan fingerprint density at radius 1 is 1.18 bits per heavy atom. The fourth-order valence-electron chi connectivity index (χ4n) is 2.12. The second-order valence-electron chi connectivity index (χ2n) is 5.08. The first-order chi connectivity index (χ1) is 10.7. The van der Waals surface area contributed by atoms with E-state index in [1.54, 1.807) is 23.7 Å². The summed E-state index contributed by atoms with van der Waals surface area (Å²) in [7, 11) is 0. The monoisotopic (exact) mass is 327 g/mol. The van der Waals surface area contributed by atoms with E-state index in [0.29, 0.717) is 11.1 Å². The van der Waals surface area contributed by atoms with E-state index in [1.807, 2.05) is 17.8 Å². The van der Waals surface area contributed by atoms with Crippen molar-refractivity contribution in [3.63, 3.8) is 0 Å². The lowest BCUT2D eigenvalue weighted by Crippen LogP contribution is -1.91. The molecule has 112 valence electrons. The maximum absolute atomic E-state index is 4.64. The summed E-state index contributed by atoms with van der Waals surface area (Å²) in [5.74, 6) is 1.61. The van der Waals surface area contributed by atoms with E-state index in [2.05, 4.69) is 58.4 Å². The Bertz CT molecular complexity index is 740. The van der Waals surface area contributed by atoms with Crippen LogP contribution in [0.1, 0.15) is 29.0 Å². The normalized spacial score (nSPS) is 12.3. The Morgan fingerprint density at radius 2 is 2.00 bits per heavy atom. The minimum Gasteiger partial charge on any atom is -0.237 e. The molecule has 2 heterocycles. The van der Waals surface area contributed by atoms with Crippen molar-refractivity contribution in [2.24, 2.45) is 0 Å². The molecule has 0 saturated heterocycles. The van der Waals surface area contributed by atoms with Crippen LogP contribution in [-0.2, 0) is 5.75 Å². The summed E-state index contributed by atoms with van der Waals surface area (Å²) in [6, 6.07) is 10.5. The summed E-state index contributed by atoms with van der Waals surface area (Å²) in [5.41, 5.74) is 3.77. The van der Waals surface area contributed by atoms with Crippen molar-refractivity contribution in [2.75, 3.05) is 0 Å². The predicted octanol–water partition coefficient (Wildman–Crippen LogP) is 4.90. The molecule has 0 bridgehead atoms. The highest BCUT2D eigenvalue weighted by atomic mass is 32.2. The van der Waals surface area contributed by atoms with Gasteiger partial charge in [0.2, 0.25) is 0 Å². The second kappa shape index (κ2) is 7.03. The van der Waals surface area contributed by atoms with Gasteiger partial charge in [0.25, 0.3) is 0 Å². The van der Waals surface area contributed by atoms with Crippen LogP contribution in [0.5, 0.6) is 0 Å². The molecule has 2 aromatic heterocycles. The fourth-order valence-corrected chi connectivity index (χ4v) is 3.89. The number of nitrogens with zero attached hydrogens (tertiary/aromatic N) is 3. The average Bonchev–Trinajstić information content (AvgIpc) is 3.02. The van der Waals surface area contributed by atoms with Crippen molar-refractivity contribution < 1.29 is 0 Å². The van der Waals surface area contributed by atoms with Crippen LogP contribution < -0.4 is 0 Å². The van der Waals surface area contributed by atoms with Crippen LogP contribution in [0.4, 0.5) is 0 Å². The number of hydrogen-bond acceptors (Lipinski definition) is 5. The van der Waals surface area contributed by atoms with Gasteiger partial charge in [-0.2, -0.15) is 0 Å². The van der Waals surface area contributed by atoms with Gasteiger partial charge in [0.1, 0.15) is 0 Å². The second-order valence-corrected chi connectivity index (χ2v) is 7.27. The molecular formula is C17H17N3S2. The lowest BCUT2D eigenvalue weighted by Gasteiger charge is -2.11. The summed E-state index contributed by atoms with van der Waals surface area (Å²) < 4.78 is 0. The highest BCUT2D eigenvalue weighted by Crippen LogP contribution is 2.32. The highest BCUT2D eigenvalue weighted by molar-refractivity contribution is 7.98. The van der Waals surface area contributed by atoms with Crippen LogP contribution in [0.3, 0.4) is 0 Å². The molecule has 0 spiro atoms. The largest absolute Gasteiger partial charge is 0.237 e. The highest BCUT2D eigenvalue weighted by Gasteiger charge is 2.10. The average molecular weight is 327 g/mol. The van der Waals surface area contributed by atoms with Gasteiger partial charge in [-0.05, 0) is 25.5 Å². The van der Waals surface area contributed by atoms with Gasteiger partial charge >= 0.3 is 0 Å². The van der Waals surface area contributed by atoms with Crippen molar-refractivity contribution >= 4 is 23.1 Å². The van der Waals surface area contributed by atoms with Gasteiger partial charge in [0, 0.05) is 28.8 Å². The third-order valence-corrected chi connectivity index (χ3v) is 5.42. The van der Waals surface area contributed by atoms with Crippen molar-refractivity contribution in [3.05, 3.63) is 64.9 Å². The van der Waals surface area contributed by atoms with E-state index in [1.165, 1.54) is 11.1 Å². The van der Waals surface area contributed by atoms with Crippen LogP contribution in [0.2, 0.25) is 0 Å². The smallest absolute Gasteiger partial charge is 0.188 e. The fraction of sp³-hybridized carbons (Fsp3) is 0.235. The van der Waals surface area contributed by atoms with Crippen LogP contribution >= 0.6 is 23.1 Å². The lowest BCUT2D eigenvalue weighted by molar-refractivity contribution is 1.08. The predicted molar refractivity (Wildman–Crippen MR) is 94.0 cm³/mol. The number of aromatic nitrogens is 3. The first kappa shape index (κ1) is 15.2. The van der Waals surface area contributed by atoms with Gasteiger partial charge in [0.15, 0.2) is 10.8 Å². The number of benzene rings is 1. The van der Waals surface area contributed by atoms with Crippen molar-refractivity contribution in [1.82, 2.24) is 15.0 Å². The maximum atomic E-state index is 4.64. The first-order valence-electron chi connectivity index (χ1n) is 7.12. The molecule has 0 amide bonds. The lowest BCUT2D eigenvalue weighted by atomic mass is 10.1. The Kier molecular flexibility index (Phi) is 4.85. The zero-order chi connectivity index (χ0) is 15.4. The summed E-state index contributed by atoms with van der Waals surface area (Å²) in [6.45, 7) is 4.38. The molecule has 0 aliphatic carbocycles. The zero-order valence-corrected chi connectivity index (χ0v) is 14.2. The summed E-state index contributed by atoms with van der Waals surface area (Å²) >= 11 is 3.51. The van der Waals surface area contributed by atoms with Gasteiger partial charge < -0.3 is 0 Å². The zero-order valence-electron chi connectivity index (χ0n) is 12.6. The van der Waals surface area contributed by atoms with Crippen LogP contribution in [0, 0.1) is 6.92 Å². The van der Waals surface area contributed by atoms with Gasteiger partial charge in [-0.3, -0.25) is 0 Å². The molecule has 3 nitrogen and oxygen atoms in total. The molecule has 1 atom stereocenters. The minimum absolute atomic E-state index is 0.457. The van der Waals surface area contributed by atoms with Crippen molar-refractivity contribution in [1.29, 1.82) is 0 Å². The Labute approximate surface area is 138 Å². The Hall–Kier alpha value is -1.72. The number of rotatable bonds is 5. The third kappa shape index (κ3) is 3.72. The number of hydrogen-bond donors (Lipinski definition) is 0. The van der Waals surface area contributed by atoms with E-state index in [-0.39, 0.29) is 0 Å². The summed E-state index contributed by atoms with van der Waals surface area (Å²) in [4.78, 5) is 13.1. The SMILES string of the molecule is Cc1cccc([C@@H](C)SCc2csc(-c3ncccn3)n2)c1. The molecule has 3 rings (SSSR count). The van der Waals surface area contributed by atoms with Crippen molar-refractivity contribution in [3.8, 4) is 10.8 Å². The minimum atomic E-state index is 0.457. The molecule has 0 aliphatic rings. The van der Waals surface area contributed by atoms with E-state index >= 15 is 0 Å². The maximum Gasteiger partial charge on any atom is 0.188 e. The summed E-state index contributed by atoms with van der Waals surface area (Å²) in [6.07, 6.45) is 3.50. The van der Waals surface area contributed by atoms with E-state index in [4.69, 9.17) is 0 Å². The Morgan fingerprint density at radius 3 is 2.77 bits per heavy atom. The molecule has 0 saturated carbocycles. The van der Waals surface area contributed by atoms with Gasteiger partial charge in [-0.1, -0.05) is 29.8 Å². The molecule has 0 N–H and O–H groups in total.